The number of benzene rings is 1. The maximum absolute atomic E-state index is 14.0. The van der Waals surface area contributed by atoms with E-state index >= 15 is 0 Å². The van der Waals surface area contributed by atoms with Gasteiger partial charge in [0.1, 0.15) is 5.82 Å². The molecule has 110 valence electrons. The van der Waals surface area contributed by atoms with Crippen LogP contribution in [0.4, 0.5) is 14.5 Å². The Balaban J connectivity index is 2.30. The highest BCUT2D eigenvalue weighted by atomic mass is 79.9. The molecule has 1 aliphatic heterocycles. The molecule has 0 spiro atoms. The summed E-state index contributed by atoms with van der Waals surface area (Å²) in [7, 11) is 0. The second-order valence-corrected chi connectivity index (χ2v) is 6.08. The van der Waals surface area contributed by atoms with Gasteiger partial charge in [0.15, 0.2) is 5.82 Å². The molecule has 1 fully saturated rings. The molecule has 0 aliphatic carbocycles. The van der Waals surface area contributed by atoms with E-state index < -0.39 is 11.6 Å². The summed E-state index contributed by atoms with van der Waals surface area (Å²) in [6, 6.07) is 1.82. The lowest BCUT2D eigenvalue weighted by Crippen LogP contribution is -2.52. The Morgan fingerprint density at radius 3 is 2.70 bits per heavy atom. The van der Waals surface area contributed by atoms with Gasteiger partial charge in [-0.1, -0.05) is 13.8 Å². The van der Waals surface area contributed by atoms with Crippen LogP contribution in [0, 0.1) is 11.6 Å². The fraction of sp³-hybridized carbons (Fsp3) is 0.500. The molecule has 0 aromatic heterocycles. The van der Waals surface area contributed by atoms with E-state index in [4.69, 9.17) is 0 Å². The highest BCUT2D eigenvalue weighted by molar-refractivity contribution is 9.10. The average Bonchev–Trinajstić information content (AvgIpc) is 2.32. The Bertz CT molecular complexity index is 499. The van der Waals surface area contributed by atoms with Crippen LogP contribution >= 0.6 is 15.9 Å². The molecule has 20 heavy (non-hydrogen) atoms. The molecule has 1 heterocycles. The fourth-order valence-corrected chi connectivity index (χ4v) is 3.07. The molecule has 1 aromatic rings. The van der Waals surface area contributed by atoms with E-state index in [0.717, 1.165) is 18.9 Å². The molecule has 1 atom stereocenters. The molecule has 2 rings (SSSR count). The molecule has 0 saturated carbocycles. The zero-order valence-corrected chi connectivity index (χ0v) is 13.0. The number of hydrogen-bond donors (Lipinski definition) is 1. The van der Waals surface area contributed by atoms with Gasteiger partial charge >= 0.3 is 0 Å². The van der Waals surface area contributed by atoms with Crippen molar-refractivity contribution in [3.05, 3.63) is 28.2 Å². The quantitative estimate of drug-likeness (QED) is 0.911. The average molecular weight is 347 g/mol. The van der Waals surface area contributed by atoms with Gasteiger partial charge in [0.2, 0.25) is 5.91 Å². The summed E-state index contributed by atoms with van der Waals surface area (Å²) in [6.45, 7) is 4.36. The van der Waals surface area contributed by atoms with Crippen LogP contribution in [0.25, 0.3) is 0 Å². The highest BCUT2D eigenvalue weighted by Gasteiger charge is 2.32. The molecule has 1 aliphatic rings. The van der Waals surface area contributed by atoms with Crippen molar-refractivity contribution in [2.45, 2.75) is 38.8 Å². The first-order valence-electron chi connectivity index (χ1n) is 6.62. The lowest BCUT2D eigenvalue weighted by Gasteiger charge is -2.34. The van der Waals surface area contributed by atoms with Gasteiger partial charge in [0, 0.05) is 23.1 Å². The second-order valence-electron chi connectivity index (χ2n) is 5.22. The number of nitrogens with one attached hydrogen (secondary N) is 1. The van der Waals surface area contributed by atoms with Crippen LogP contribution in [0.3, 0.4) is 0 Å². The minimum atomic E-state index is -0.726. The van der Waals surface area contributed by atoms with E-state index in [1.54, 1.807) is 0 Å². The zero-order valence-electron chi connectivity index (χ0n) is 11.4. The highest BCUT2D eigenvalue weighted by Crippen LogP contribution is 2.32. The fourth-order valence-electron chi connectivity index (χ4n) is 2.45. The van der Waals surface area contributed by atoms with Crippen molar-refractivity contribution in [3.8, 4) is 0 Å². The lowest BCUT2D eigenvalue weighted by molar-refractivity contribution is -0.122. The summed E-state index contributed by atoms with van der Waals surface area (Å²) >= 11 is 3.14. The normalized spacial score (nSPS) is 19.8. The third-order valence-corrected chi connectivity index (χ3v) is 3.83. The van der Waals surface area contributed by atoms with Crippen molar-refractivity contribution < 1.29 is 13.6 Å². The topological polar surface area (TPSA) is 32.3 Å². The number of carbonyl (C=O) groups excluding carboxylic acids is 1. The minimum absolute atomic E-state index is 0.117. The van der Waals surface area contributed by atoms with Crippen LogP contribution in [0.5, 0.6) is 0 Å². The van der Waals surface area contributed by atoms with Crippen LogP contribution in [0.2, 0.25) is 0 Å². The molecule has 1 amide bonds. The number of hydrogen-bond acceptors (Lipinski definition) is 2. The second kappa shape index (κ2) is 6.18. The van der Waals surface area contributed by atoms with Gasteiger partial charge in [-0.25, -0.2) is 8.78 Å². The Kier molecular flexibility index (Phi) is 4.75. The Hall–Kier alpha value is -1.01. The smallest absolute Gasteiger partial charge is 0.244 e. The maximum atomic E-state index is 14.0. The van der Waals surface area contributed by atoms with Crippen LogP contribution in [0.15, 0.2) is 16.6 Å². The van der Waals surface area contributed by atoms with Gasteiger partial charge in [0.25, 0.3) is 0 Å². The van der Waals surface area contributed by atoms with E-state index in [1.165, 1.54) is 11.0 Å². The predicted octanol–water partition coefficient (Wildman–Crippen LogP) is 3.22. The van der Waals surface area contributed by atoms with E-state index in [2.05, 4.69) is 21.2 Å². The number of carbonyl (C=O) groups is 1. The van der Waals surface area contributed by atoms with Crippen LogP contribution in [-0.2, 0) is 4.79 Å². The molecule has 3 nitrogen and oxygen atoms in total. The lowest BCUT2D eigenvalue weighted by atomic mass is 10.0. The van der Waals surface area contributed by atoms with Crippen molar-refractivity contribution >= 4 is 27.5 Å². The standard InChI is InChI=1S/C14H17BrF2N2O/c1-8(2)18-12-4-3-5-19(14(12)20)13-10(15)6-9(16)7-11(13)17/h6-8,12,18H,3-5H2,1-2H3. The van der Waals surface area contributed by atoms with E-state index in [9.17, 15) is 13.6 Å². The monoisotopic (exact) mass is 346 g/mol. The van der Waals surface area contributed by atoms with E-state index in [0.29, 0.717) is 6.54 Å². The number of nitrogens with zero attached hydrogens (tertiary/aromatic N) is 1. The van der Waals surface area contributed by atoms with Crippen molar-refractivity contribution in [2.75, 3.05) is 11.4 Å². The zero-order chi connectivity index (χ0) is 14.9. The molecular weight excluding hydrogens is 330 g/mol. The molecule has 1 saturated heterocycles. The molecule has 1 unspecified atom stereocenters. The van der Waals surface area contributed by atoms with Crippen molar-refractivity contribution in [3.63, 3.8) is 0 Å². The summed E-state index contributed by atoms with van der Waals surface area (Å²) in [5.41, 5.74) is 0.117. The van der Waals surface area contributed by atoms with Crippen LogP contribution < -0.4 is 10.2 Å². The summed E-state index contributed by atoms with van der Waals surface area (Å²) in [5.74, 6) is -1.56. The number of halogens is 3. The molecule has 6 heteroatoms. The Morgan fingerprint density at radius 2 is 2.10 bits per heavy atom. The SMILES string of the molecule is CC(C)NC1CCCN(c2c(F)cc(F)cc2Br)C1=O. The third-order valence-electron chi connectivity index (χ3n) is 3.22. The summed E-state index contributed by atoms with van der Waals surface area (Å²) < 4.78 is 27.4. The molecule has 1 N–H and O–H groups in total. The summed E-state index contributed by atoms with van der Waals surface area (Å²) in [4.78, 5) is 13.8. The number of amides is 1. The van der Waals surface area contributed by atoms with Crippen LogP contribution in [-0.4, -0.2) is 24.5 Å². The number of anilines is 1. The number of piperidine rings is 1. The van der Waals surface area contributed by atoms with Gasteiger partial charge in [-0.3, -0.25) is 4.79 Å². The van der Waals surface area contributed by atoms with Crippen molar-refractivity contribution in [1.82, 2.24) is 5.32 Å². The van der Waals surface area contributed by atoms with Gasteiger partial charge < -0.3 is 10.2 Å². The molecule has 0 bridgehead atoms. The Labute approximate surface area is 125 Å². The van der Waals surface area contributed by atoms with E-state index in [1.807, 2.05) is 13.8 Å². The summed E-state index contributed by atoms with van der Waals surface area (Å²) in [6.07, 6.45) is 1.51. The predicted molar refractivity (Wildman–Crippen MR) is 77.7 cm³/mol. The Morgan fingerprint density at radius 1 is 1.40 bits per heavy atom. The van der Waals surface area contributed by atoms with Gasteiger partial charge in [-0.2, -0.15) is 0 Å². The number of rotatable bonds is 3. The first-order valence-corrected chi connectivity index (χ1v) is 7.41. The van der Waals surface area contributed by atoms with Gasteiger partial charge in [0.05, 0.1) is 11.7 Å². The van der Waals surface area contributed by atoms with Crippen molar-refractivity contribution in [1.29, 1.82) is 0 Å². The third kappa shape index (κ3) is 3.17. The first kappa shape index (κ1) is 15.4. The van der Waals surface area contributed by atoms with Crippen LogP contribution in [0.1, 0.15) is 26.7 Å². The minimum Gasteiger partial charge on any atom is -0.307 e. The maximum Gasteiger partial charge on any atom is 0.244 e. The largest absolute Gasteiger partial charge is 0.307 e. The van der Waals surface area contributed by atoms with E-state index in [-0.39, 0.29) is 28.2 Å². The van der Waals surface area contributed by atoms with Crippen molar-refractivity contribution in [2.24, 2.45) is 0 Å². The molecule has 1 aromatic carbocycles. The first-order chi connectivity index (χ1) is 9.40. The molecular formula is C14H17BrF2N2O. The van der Waals surface area contributed by atoms with Gasteiger partial charge in [-0.05, 0) is 34.8 Å². The van der Waals surface area contributed by atoms with Gasteiger partial charge in [-0.15, -0.1) is 0 Å². The molecule has 0 radical (unpaired) electrons. The summed E-state index contributed by atoms with van der Waals surface area (Å²) in [5, 5.41) is 3.18.